The number of hydrogen-bond donors (Lipinski definition) is 3. The normalized spacial score (nSPS) is 12.1. The minimum absolute atomic E-state index is 0.0441. The van der Waals surface area contributed by atoms with Gasteiger partial charge in [0.05, 0.1) is 5.69 Å². The summed E-state index contributed by atoms with van der Waals surface area (Å²) in [5.41, 5.74) is 6.61. The van der Waals surface area contributed by atoms with E-state index in [4.69, 9.17) is 10.9 Å². The Bertz CT molecular complexity index is 529. The zero-order valence-corrected chi connectivity index (χ0v) is 12.4. The van der Waals surface area contributed by atoms with Crippen LogP contribution in [0.25, 0.3) is 0 Å². The molecule has 0 aromatic heterocycles. The van der Waals surface area contributed by atoms with Crippen LogP contribution in [0.5, 0.6) is 0 Å². The van der Waals surface area contributed by atoms with E-state index in [0.29, 0.717) is 6.04 Å². The summed E-state index contributed by atoms with van der Waals surface area (Å²) < 4.78 is 22.4. The molecule has 0 aliphatic heterocycles. The lowest BCUT2D eigenvalue weighted by molar-refractivity contribution is 0.284. The van der Waals surface area contributed by atoms with Gasteiger partial charge in [-0.2, -0.15) is 0 Å². The first-order valence-corrected chi connectivity index (χ1v) is 7.63. The van der Waals surface area contributed by atoms with Crippen LogP contribution in [0.4, 0.5) is 11.4 Å². The topological polar surface area (TPSA) is 101 Å². The van der Waals surface area contributed by atoms with Crippen molar-refractivity contribution in [1.82, 2.24) is 4.90 Å². The molecule has 108 valence electrons. The summed E-state index contributed by atoms with van der Waals surface area (Å²) >= 11 is 0. The second kappa shape index (κ2) is 6.23. The number of rotatable bonds is 6. The molecule has 0 amide bonds. The highest BCUT2D eigenvalue weighted by atomic mass is 32.2. The van der Waals surface area contributed by atoms with E-state index < -0.39 is 10.0 Å². The summed E-state index contributed by atoms with van der Waals surface area (Å²) in [6.07, 6.45) is 0. The van der Waals surface area contributed by atoms with Crippen molar-refractivity contribution >= 4 is 21.4 Å². The minimum Gasteiger partial charge on any atom is -0.398 e. The molecule has 0 bridgehead atoms. The lowest BCUT2D eigenvalue weighted by Crippen LogP contribution is -2.31. The smallest absolute Gasteiger partial charge is 0.240 e. The van der Waals surface area contributed by atoms with Gasteiger partial charge in [-0.05, 0) is 39.1 Å². The number of benzene rings is 1. The second-order valence-electron chi connectivity index (χ2n) is 4.80. The van der Waals surface area contributed by atoms with Crippen LogP contribution in [-0.4, -0.2) is 39.5 Å². The molecule has 5 N–H and O–H groups in total. The summed E-state index contributed by atoms with van der Waals surface area (Å²) in [6.45, 7) is 5.88. The third-order valence-corrected chi connectivity index (χ3v) is 3.98. The quantitative estimate of drug-likeness (QED) is 0.667. The van der Waals surface area contributed by atoms with Gasteiger partial charge in [-0.1, -0.05) is 0 Å². The largest absolute Gasteiger partial charge is 0.398 e. The van der Waals surface area contributed by atoms with Gasteiger partial charge in [-0.25, -0.2) is 13.6 Å². The second-order valence-corrected chi connectivity index (χ2v) is 6.33. The Balaban J connectivity index is 2.65. The first kappa shape index (κ1) is 15.7. The van der Waals surface area contributed by atoms with Crippen LogP contribution in [-0.2, 0) is 10.0 Å². The molecule has 0 saturated heterocycles. The van der Waals surface area contributed by atoms with E-state index in [1.807, 2.05) is 7.05 Å². The minimum atomic E-state index is -3.76. The fourth-order valence-electron chi connectivity index (χ4n) is 1.55. The van der Waals surface area contributed by atoms with Gasteiger partial charge >= 0.3 is 0 Å². The number of nitrogens with two attached hydrogens (primary N) is 2. The zero-order chi connectivity index (χ0) is 14.6. The van der Waals surface area contributed by atoms with Crippen LogP contribution < -0.4 is 16.2 Å². The maximum Gasteiger partial charge on any atom is 0.240 e. The van der Waals surface area contributed by atoms with Crippen molar-refractivity contribution in [3.05, 3.63) is 18.2 Å². The molecule has 7 heteroatoms. The van der Waals surface area contributed by atoms with Crippen LogP contribution in [0, 0.1) is 0 Å². The van der Waals surface area contributed by atoms with Gasteiger partial charge in [0.15, 0.2) is 0 Å². The predicted molar refractivity (Wildman–Crippen MR) is 78.5 cm³/mol. The number of sulfonamides is 1. The Morgan fingerprint density at radius 2 is 2.00 bits per heavy atom. The molecule has 0 radical (unpaired) electrons. The molecule has 0 fully saturated rings. The average molecular weight is 286 g/mol. The SMILES string of the molecule is CC(C)N(C)CCNc1ccc(S(N)(=O)=O)c(N)c1. The Morgan fingerprint density at radius 3 is 2.47 bits per heavy atom. The van der Waals surface area contributed by atoms with Gasteiger partial charge in [0.25, 0.3) is 0 Å². The summed E-state index contributed by atoms with van der Waals surface area (Å²) in [6, 6.07) is 5.14. The van der Waals surface area contributed by atoms with Crippen LogP contribution >= 0.6 is 0 Å². The van der Waals surface area contributed by atoms with Crippen molar-refractivity contribution in [1.29, 1.82) is 0 Å². The van der Waals surface area contributed by atoms with E-state index in [1.165, 1.54) is 6.07 Å². The van der Waals surface area contributed by atoms with Crippen molar-refractivity contribution in [3.8, 4) is 0 Å². The van der Waals surface area contributed by atoms with Crippen LogP contribution in [0.3, 0.4) is 0 Å². The lowest BCUT2D eigenvalue weighted by atomic mass is 10.3. The molecule has 0 atom stereocenters. The Morgan fingerprint density at radius 1 is 1.37 bits per heavy atom. The van der Waals surface area contributed by atoms with Crippen LogP contribution in [0.15, 0.2) is 23.1 Å². The first-order valence-electron chi connectivity index (χ1n) is 6.08. The molecule has 0 spiro atoms. The molecule has 0 heterocycles. The first-order chi connectivity index (χ1) is 8.71. The molecule has 1 rings (SSSR count). The lowest BCUT2D eigenvalue weighted by Gasteiger charge is -2.21. The number of nitrogens with zero attached hydrogens (tertiary/aromatic N) is 1. The number of hydrogen-bond acceptors (Lipinski definition) is 5. The molecule has 1 aromatic carbocycles. The molecule has 1 aromatic rings. The van der Waals surface area contributed by atoms with Crippen molar-refractivity contribution in [2.75, 3.05) is 31.2 Å². The zero-order valence-electron chi connectivity index (χ0n) is 11.6. The van der Waals surface area contributed by atoms with Gasteiger partial charge in [0.1, 0.15) is 4.90 Å². The van der Waals surface area contributed by atoms with Crippen LogP contribution in [0.2, 0.25) is 0 Å². The van der Waals surface area contributed by atoms with Crippen LogP contribution in [0.1, 0.15) is 13.8 Å². The third kappa shape index (κ3) is 4.70. The summed E-state index contributed by atoms with van der Waals surface area (Å²) in [5.74, 6) is 0. The van der Waals surface area contributed by atoms with Gasteiger partial charge in [-0.15, -0.1) is 0 Å². The molecule has 19 heavy (non-hydrogen) atoms. The summed E-state index contributed by atoms with van der Waals surface area (Å²) in [7, 11) is -1.71. The van der Waals surface area contributed by atoms with Gasteiger partial charge in [0, 0.05) is 24.8 Å². The van der Waals surface area contributed by atoms with Gasteiger partial charge < -0.3 is 16.0 Å². The van der Waals surface area contributed by atoms with Gasteiger partial charge in [0.2, 0.25) is 10.0 Å². The van der Waals surface area contributed by atoms with E-state index in [9.17, 15) is 8.42 Å². The molecular formula is C12H22N4O2S. The fraction of sp³-hybridized carbons (Fsp3) is 0.500. The highest BCUT2D eigenvalue weighted by Gasteiger charge is 2.12. The number of likely N-dealkylation sites (N-methyl/N-ethyl adjacent to an activating group) is 1. The maximum atomic E-state index is 11.2. The molecule has 0 saturated carbocycles. The molecule has 6 nitrogen and oxygen atoms in total. The highest BCUT2D eigenvalue weighted by molar-refractivity contribution is 7.89. The standard InChI is InChI=1S/C12H22N4O2S/c1-9(2)16(3)7-6-15-10-4-5-12(11(13)8-10)19(14,17)18/h4-5,8-9,15H,6-7,13H2,1-3H3,(H2,14,17,18). The van der Waals surface area contributed by atoms with Gasteiger partial charge in [-0.3, -0.25) is 0 Å². The Kier molecular flexibility index (Phi) is 5.16. The van der Waals surface area contributed by atoms with E-state index in [0.717, 1.165) is 18.8 Å². The summed E-state index contributed by atoms with van der Waals surface area (Å²) in [5, 5.41) is 8.24. The fourth-order valence-corrected chi connectivity index (χ4v) is 2.20. The maximum absolute atomic E-state index is 11.2. The van der Waals surface area contributed by atoms with Crippen molar-refractivity contribution in [2.45, 2.75) is 24.8 Å². The highest BCUT2D eigenvalue weighted by Crippen LogP contribution is 2.21. The number of anilines is 2. The van der Waals surface area contributed by atoms with E-state index in [1.54, 1.807) is 12.1 Å². The molecule has 0 unspecified atom stereocenters. The van der Waals surface area contributed by atoms with E-state index >= 15 is 0 Å². The number of nitrogens with one attached hydrogen (secondary N) is 1. The van der Waals surface area contributed by atoms with E-state index in [-0.39, 0.29) is 10.6 Å². The molecular weight excluding hydrogens is 264 g/mol. The third-order valence-electron chi connectivity index (χ3n) is 2.99. The Labute approximate surface area is 114 Å². The monoisotopic (exact) mass is 286 g/mol. The number of nitrogen functional groups attached to an aromatic ring is 1. The van der Waals surface area contributed by atoms with Crippen molar-refractivity contribution in [3.63, 3.8) is 0 Å². The predicted octanol–water partition coefficient (Wildman–Crippen LogP) is 0.668. The van der Waals surface area contributed by atoms with Crippen molar-refractivity contribution < 1.29 is 8.42 Å². The van der Waals surface area contributed by atoms with Crippen molar-refractivity contribution in [2.24, 2.45) is 5.14 Å². The van der Waals surface area contributed by atoms with E-state index in [2.05, 4.69) is 24.1 Å². The average Bonchev–Trinajstić information content (AvgIpc) is 2.27. The molecule has 0 aliphatic carbocycles. The molecule has 0 aliphatic rings. The summed E-state index contributed by atoms with van der Waals surface area (Å²) in [4.78, 5) is 2.16. The Hall–Kier alpha value is -1.31. The number of primary sulfonamides is 1.